The van der Waals surface area contributed by atoms with Crippen LogP contribution in [0.25, 0.3) is 11.0 Å². The molecule has 0 aliphatic rings. The number of aromatic nitrogens is 2. The summed E-state index contributed by atoms with van der Waals surface area (Å²) in [6.07, 6.45) is 0. The van der Waals surface area contributed by atoms with Crippen LogP contribution in [-0.4, -0.2) is 9.97 Å². The lowest BCUT2D eigenvalue weighted by molar-refractivity contribution is 0.868. The average Bonchev–Trinajstić information content (AvgIpc) is 2.76. The van der Waals surface area contributed by atoms with Crippen LogP contribution in [0.3, 0.4) is 0 Å². The summed E-state index contributed by atoms with van der Waals surface area (Å²) >= 11 is 9.67. The summed E-state index contributed by atoms with van der Waals surface area (Å²) in [5, 5.41) is 0.620. The Labute approximate surface area is 128 Å². The fourth-order valence-electron chi connectivity index (χ4n) is 2.21. The molecule has 1 aromatic heterocycles. The van der Waals surface area contributed by atoms with E-state index in [1.165, 1.54) is 0 Å². The summed E-state index contributed by atoms with van der Waals surface area (Å²) in [7, 11) is 0. The SMILES string of the molecule is NC(c1ccccc1Cl)c1cc2[nH]c(=O)[nH]c2cc1Br. The highest BCUT2D eigenvalue weighted by molar-refractivity contribution is 9.10. The lowest BCUT2D eigenvalue weighted by Crippen LogP contribution is -2.13. The van der Waals surface area contributed by atoms with Crippen LogP contribution in [-0.2, 0) is 0 Å². The van der Waals surface area contributed by atoms with Crippen molar-refractivity contribution in [3.63, 3.8) is 0 Å². The van der Waals surface area contributed by atoms with Crippen molar-refractivity contribution in [1.29, 1.82) is 0 Å². The highest BCUT2D eigenvalue weighted by Gasteiger charge is 2.16. The maximum Gasteiger partial charge on any atom is 0.323 e. The molecule has 0 fully saturated rings. The van der Waals surface area contributed by atoms with Gasteiger partial charge in [0.25, 0.3) is 0 Å². The van der Waals surface area contributed by atoms with Gasteiger partial charge in [-0.3, -0.25) is 0 Å². The topological polar surface area (TPSA) is 74.7 Å². The Morgan fingerprint density at radius 3 is 2.45 bits per heavy atom. The van der Waals surface area contributed by atoms with Crippen molar-refractivity contribution in [2.45, 2.75) is 6.04 Å². The number of aromatic amines is 2. The van der Waals surface area contributed by atoms with Gasteiger partial charge in [-0.1, -0.05) is 45.7 Å². The van der Waals surface area contributed by atoms with Gasteiger partial charge in [0.15, 0.2) is 0 Å². The molecule has 1 atom stereocenters. The minimum Gasteiger partial charge on any atom is -0.320 e. The van der Waals surface area contributed by atoms with Gasteiger partial charge in [-0.05, 0) is 29.3 Å². The average molecular weight is 353 g/mol. The number of benzene rings is 2. The minimum atomic E-state index is -0.374. The molecule has 102 valence electrons. The number of rotatable bonds is 2. The van der Waals surface area contributed by atoms with Crippen LogP contribution in [0.1, 0.15) is 17.2 Å². The van der Waals surface area contributed by atoms with E-state index in [-0.39, 0.29) is 11.7 Å². The summed E-state index contributed by atoms with van der Waals surface area (Å²) in [6.45, 7) is 0. The summed E-state index contributed by atoms with van der Waals surface area (Å²) in [5.41, 5.74) is 9.21. The van der Waals surface area contributed by atoms with E-state index in [1.54, 1.807) is 6.07 Å². The molecule has 3 rings (SSSR count). The Bertz CT molecular complexity index is 840. The molecule has 20 heavy (non-hydrogen) atoms. The third kappa shape index (κ3) is 2.28. The molecule has 0 radical (unpaired) electrons. The zero-order chi connectivity index (χ0) is 14.3. The molecular weight excluding hydrogens is 342 g/mol. The predicted molar refractivity (Wildman–Crippen MR) is 84.1 cm³/mol. The molecule has 0 bridgehead atoms. The lowest BCUT2D eigenvalue weighted by Gasteiger charge is -2.16. The molecule has 4 N–H and O–H groups in total. The molecule has 2 aromatic carbocycles. The van der Waals surface area contributed by atoms with Gasteiger partial charge in [-0.25, -0.2) is 4.79 Å². The number of imidazole rings is 1. The number of fused-ring (bicyclic) bond motifs is 1. The van der Waals surface area contributed by atoms with Crippen LogP contribution < -0.4 is 11.4 Å². The van der Waals surface area contributed by atoms with Gasteiger partial charge in [0.2, 0.25) is 0 Å². The van der Waals surface area contributed by atoms with Crippen molar-refractivity contribution in [1.82, 2.24) is 9.97 Å². The number of nitrogens with one attached hydrogen (secondary N) is 2. The molecular formula is C14H11BrClN3O. The molecule has 0 saturated heterocycles. The van der Waals surface area contributed by atoms with Crippen molar-refractivity contribution in [3.8, 4) is 0 Å². The second-order valence-electron chi connectivity index (χ2n) is 4.50. The van der Waals surface area contributed by atoms with Crippen LogP contribution in [0.5, 0.6) is 0 Å². The molecule has 0 aliphatic heterocycles. The van der Waals surface area contributed by atoms with Gasteiger partial charge >= 0.3 is 5.69 Å². The Hall–Kier alpha value is -1.56. The number of nitrogens with two attached hydrogens (primary N) is 1. The lowest BCUT2D eigenvalue weighted by atomic mass is 9.99. The van der Waals surface area contributed by atoms with E-state index in [1.807, 2.05) is 30.3 Å². The maximum atomic E-state index is 11.3. The largest absolute Gasteiger partial charge is 0.323 e. The van der Waals surface area contributed by atoms with Crippen LogP contribution >= 0.6 is 27.5 Å². The summed E-state index contributed by atoms with van der Waals surface area (Å²) in [4.78, 5) is 16.8. The number of halogens is 2. The van der Waals surface area contributed by atoms with E-state index >= 15 is 0 Å². The number of H-pyrrole nitrogens is 2. The summed E-state index contributed by atoms with van der Waals surface area (Å²) in [6, 6.07) is 10.8. The first kappa shape index (κ1) is 13.4. The predicted octanol–water partition coefficient (Wildman–Crippen LogP) is 3.32. The zero-order valence-electron chi connectivity index (χ0n) is 10.3. The van der Waals surface area contributed by atoms with Gasteiger partial charge in [-0.2, -0.15) is 0 Å². The third-order valence-corrected chi connectivity index (χ3v) is 4.24. The normalized spacial score (nSPS) is 12.8. The highest BCUT2D eigenvalue weighted by Crippen LogP contribution is 2.32. The Morgan fingerprint density at radius 2 is 1.75 bits per heavy atom. The fraction of sp³-hybridized carbons (Fsp3) is 0.0714. The second kappa shape index (κ2) is 5.09. The Morgan fingerprint density at radius 1 is 1.10 bits per heavy atom. The quantitative estimate of drug-likeness (QED) is 0.662. The Balaban J connectivity index is 2.16. The van der Waals surface area contributed by atoms with Gasteiger partial charge in [-0.15, -0.1) is 0 Å². The monoisotopic (exact) mass is 351 g/mol. The van der Waals surface area contributed by atoms with E-state index in [9.17, 15) is 4.79 Å². The fourth-order valence-corrected chi connectivity index (χ4v) is 3.05. The van der Waals surface area contributed by atoms with Crippen molar-refractivity contribution in [3.05, 3.63) is 67.5 Å². The zero-order valence-corrected chi connectivity index (χ0v) is 12.6. The number of hydrogen-bond acceptors (Lipinski definition) is 2. The summed E-state index contributed by atoms with van der Waals surface area (Å²) in [5.74, 6) is 0. The molecule has 1 unspecified atom stereocenters. The first-order valence-electron chi connectivity index (χ1n) is 5.97. The van der Waals surface area contributed by atoms with Crippen molar-refractivity contribution >= 4 is 38.6 Å². The second-order valence-corrected chi connectivity index (χ2v) is 5.76. The third-order valence-electron chi connectivity index (χ3n) is 3.21. The van der Waals surface area contributed by atoms with E-state index < -0.39 is 0 Å². The molecule has 4 nitrogen and oxygen atoms in total. The standard InChI is InChI=1S/C14H11BrClN3O/c15-9-6-12-11(18-14(20)19-12)5-8(9)13(17)7-3-1-2-4-10(7)16/h1-6,13H,17H2,(H2,18,19,20). The van der Waals surface area contributed by atoms with E-state index in [0.29, 0.717) is 5.02 Å². The van der Waals surface area contributed by atoms with E-state index in [0.717, 1.165) is 26.6 Å². The first-order valence-corrected chi connectivity index (χ1v) is 7.15. The first-order chi connectivity index (χ1) is 9.56. The molecule has 0 saturated carbocycles. The van der Waals surface area contributed by atoms with Crippen molar-refractivity contribution in [2.24, 2.45) is 5.73 Å². The number of hydrogen-bond donors (Lipinski definition) is 3. The van der Waals surface area contributed by atoms with Crippen LogP contribution in [0.15, 0.2) is 45.7 Å². The molecule has 0 aliphatic carbocycles. The molecule has 6 heteroatoms. The van der Waals surface area contributed by atoms with E-state index in [4.69, 9.17) is 17.3 Å². The van der Waals surface area contributed by atoms with E-state index in [2.05, 4.69) is 25.9 Å². The molecule has 1 heterocycles. The minimum absolute atomic E-state index is 0.240. The highest BCUT2D eigenvalue weighted by atomic mass is 79.9. The summed E-state index contributed by atoms with van der Waals surface area (Å²) < 4.78 is 0.827. The molecule has 0 spiro atoms. The van der Waals surface area contributed by atoms with Gasteiger partial charge in [0.05, 0.1) is 17.1 Å². The molecule has 0 amide bonds. The van der Waals surface area contributed by atoms with Crippen LogP contribution in [0.2, 0.25) is 5.02 Å². The van der Waals surface area contributed by atoms with Gasteiger partial charge in [0, 0.05) is 9.50 Å². The maximum absolute atomic E-state index is 11.3. The van der Waals surface area contributed by atoms with Gasteiger partial charge < -0.3 is 15.7 Å². The smallest absolute Gasteiger partial charge is 0.320 e. The van der Waals surface area contributed by atoms with Crippen molar-refractivity contribution < 1.29 is 0 Å². The Kier molecular flexibility index (Phi) is 3.41. The van der Waals surface area contributed by atoms with Crippen LogP contribution in [0, 0.1) is 0 Å². The molecule has 3 aromatic rings. The van der Waals surface area contributed by atoms with Crippen molar-refractivity contribution in [2.75, 3.05) is 0 Å². The van der Waals surface area contributed by atoms with Gasteiger partial charge in [0.1, 0.15) is 0 Å². The van der Waals surface area contributed by atoms with Crippen LogP contribution in [0.4, 0.5) is 0 Å².